The Morgan fingerprint density at radius 1 is 1.07 bits per heavy atom. The van der Waals surface area contributed by atoms with Crippen LogP contribution in [0.5, 0.6) is 5.75 Å². The predicted octanol–water partition coefficient (Wildman–Crippen LogP) is 4.34. The van der Waals surface area contributed by atoms with Crippen LogP contribution in [0.25, 0.3) is 0 Å². The average Bonchev–Trinajstić information content (AvgIpc) is 2.65. The van der Waals surface area contributed by atoms with Crippen LogP contribution in [0, 0.1) is 13.8 Å². The number of carbonyl (C=O) groups excluding carboxylic acids is 2. The van der Waals surface area contributed by atoms with Crippen molar-refractivity contribution < 1.29 is 14.3 Å². The molecule has 1 N–H and O–H groups in total. The van der Waals surface area contributed by atoms with Crippen LogP contribution >= 0.6 is 0 Å². The minimum absolute atomic E-state index is 0.106. The van der Waals surface area contributed by atoms with E-state index in [0.717, 1.165) is 16.8 Å². The molecule has 140 valence electrons. The second kappa shape index (κ2) is 6.72. The number of aryl methyl sites for hydroxylation is 2. The van der Waals surface area contributed by atoms with Gasteiger partial charge in [0.1, 0.15) is 11.4 Å². The molecular weight excluding hydrogens is 340 g/mol. The fourth-order valence-electron chi connectivity index (χ4n) is 3.87. The molecule has 0 radical (unpaired) electrons. The molecule has 1 spiro atoms. The number of para-hydroxylation sites is 1. The molecule has 0 unspecified atom stereocenters. The third-order valence-electron chi connectivity index (χ3n) is 5.69. The van der Waals surface area contributed by atoms with E-state index in [1.54, 1.807) is 4.90 Å². The fraction of sp³-hybridized carbons (Fsp3) is 0.364. The van der Waals surface area contributed by atoms with Gasteiger partial charge in [0.2, 0.25) is 0 Å². The molecule has 0 saturated carbocycles. The lowest BCUT2D eigenvalue weighted by Crippen LogP contribution is -2.53. The summed E-state index contributed by atoms with van der Waals surface area (Å²) in [5.74, 6) is 0.832. The van der Waals surface area contributed by atoms with Crippen molar-refractivity contribution in [3.63, 3.8) is 0 Å². The number of hydrogen-bond acceptors (Lipinski definition) is 3. The predicted molar refractivity (Wildman–Crippen MR) is 104 cm³/mol. The first-order valence-corrected chi connectivity index (χ1v) is 9.40. The monoisotopic (exact) mass is 364 g/mol. The second-order valence-electron chi connectivity index (χ2n) is 7.60. The lowest BCUT2D eigenvalue weighted by Gasteiger charge is -2.44. The number of anilines is 1. The zero-order valence-electron chi connectivity index (χ0n) is 15.7. The number of hydrogen-bond donors (Lipinski definition) is 1. The lowest BCUT2D eigenvalue weighted by molar-refractivity contribution is 0.000334. The van der Waals surface area contributed by atoms with Crippen LogP contribution in [-0.2, 0) is 0 Å². The van der Waals surface area contributed by atoms with Gasteiger partial charge in [0.05, 0.1) is 12.0 Å². The Balaban J connectivity index is 1.45. The number of nitrogens with one attached hydrogen (secondary N) is 1. The van der Waals surface area contributed by atoms with Crippen LogP contribution < -0.4 is 10.1 Å². The molecule has 2 aliphatic rings. The van der Waals surface area contributed by atoms with Gasteiger partial charge in [-0.3, -0.25) is 4.79 Å². The smallest absolute Gasteiger partial charge is 0.321 e. The van der Waals surface area contributed by atoms with E-state index in [1.165, 1.54) is 0 Å². The van der Waals surface area contributed by atoms with Gasteiger partial charge in [-0.15, -0.1) is 0 Å². The summed E-state index contributed by atoms with van der Waals surface area (Å²) in [5.41, 5.74) is 3.21. The Labute approximate surface area is 159 Å². The van der Waals surface area contributed by atoms with Gasteiger partial charge in [-0.2, -0.15) is 0 Å². The molecule has 0 aliphatic carbocycles. The topological polar surface area (TPSA) is 58.6 Å². The Hall–Kier alpha value is -2.82. The number of Topliss-reactive ketones (excluding diaryl/α,β-unsaturated/α-hetero) is 1. The molecule has 2 aliphatic heterocycles. The Morgan fingerprint density at radius 2 is 1.74 bits per heavy atom. The summed E-state index contributed by atoms with van der Waals surface area (Å²) in [7, 11) is 0. The maximum Gasteiger partial charge on any atom is 0.321 e. The van der Waals surface area contributed by atoms with E-state index in [0.29, 0.717) is 43.7 Å². The minimum Gasteiger partial charge on any atom is -0.486 e. The first-order chi connectivity index (χ1) is 13.0. The van der Waals surface area contributed by atoms with Crippen LogP contribution in [0.4, 0.5) is 10.5 Å². The SMILES string of the molecule is Cc1cc2c(cc1C)C(=O)CC1(CCN(C(=O)Nc3ccccc3)CC1)O2. The number of ketones is 1. The fourth-order valence-corrected chi connectivity index (χ4v) is 3.87. The van der Waals surface area contributed by atoms with Crippen molar-refractivity contribution in [1.82, 2.24) is 4.90 Å². The van der Waals surface area contributed by atoms with Crippen molar-refractivity contribution in [3.8, 4) is 5.75 Å². The molecule has 1 saturated heterocycles. The van der Waals surface area contributed by atoms with E-state index >= 15 is 0 Å². The largest absolute Gasteiger partial charge is 0.486 e. The summed E-state index contributed by atoms with van der Waals surface area (Å²) < 4.78 is 6.33. The molecule has 1 fully saturated rings. The molecule has 5 nitrogen and oxygen atoms in total. The summed E-state index contributed by atoms with van der Waals surface area (Å²) in [6, 6.07) is 13.2. The van der Waals surface area contributed by atoms with E-state index in [-0.39, 0.29) is 11.8 Å². The number of benzene rings is 2. The van der Waals surface area contributed by atoms with Crippen LogP contribution in [0.1, 0.15) is 40.7 Å². The van der Waals surface area contributed by atoms with E-state index < -0.39 is 5.60 Å². The number of ether oxygens (including phenoxy) is 1. The number of urea groups is 1. The number of carbonyl (C=O) groups is 2. The number of nitrogens with zero attached hydrogens (tertiary/aromatic N) is 1. The normalized spacial score (nSPS) is 18.0. The van der Waals surface area contributed by atoms with Gasteiger partial charge in [0, 0.05) is 31.6 Å². The molecule has 5 heteroatoms. The molecule has 0 aromatic heterocycles. The molecule has 27 heavy (non-hydrogen) atoms. The van der Waals surface area contributed by atoms with Gasteiger partial charge in [-0.05, 0) is 49.2 Å². The standard InChI is InChI=1S/C22H24N2O3/c1-15-12-18-19(25)14-22(27-20(18)13-16(15)2)8-10-24(11-9-22)21(26)23-17-6-4-3-5-7-17/h3-7,12-13H,8-11,14H2,1-2H3,(H,23,26). The molecule has 2 amide bonds. The van der Waals surface area contributed by atoms with Crippen molar-refractivity contribution in [2.75, 3.05) is 18.4 Å². The number of amides is 2. The third-order valence-corrected chi connectivity index (χ3v) is 5.69. The molecule has 2 heterocycles. The highest BCUT2D eigenvalue weighted by Crippen LogP contribution is 2.40. The summed E-state index contributed by atoms with van der Waals surface area (Å²) in [5, 5.41) is 2.92. The van der Waals surface area contributed by atoms with Crippen LogP contribution in [-0.4, -0.2) is 35.4 Å². The van der Waals surface area contributed by atoms with E-state index in [2.05, 4.69) is 5.32 Å². The maximum absolute atomic E-state index is 12.7. The highest BCUT2D eigenvalue weighted by molar-refractivity contribution is 6.00. The summed E-state index contributed by atoms with van der Waals surface area (Å²) in [6.45, 7) is 5.19. The summed E-state index contributed by atoms with van der Waals surface area (Å²) in [4.78, 5) is 27.0. The van der Waals surface area contributed by atoms with E-state index in [9.17, 15) is 9.59 Å². The third kappa shape index (κ3) is 3.42. The van der Waals surface area contributed by atoms with Crippen LogP contribution in [0.3, 0.4) is 0 Å². The number of likely N-dealkylation sites (tertiary alicyclic amines) is 1. The minimum atomic E-state index is -0.491. The Bertz CT molecular complexity index is 884. The Kier molecular flexibility index (Phi) is 4.38. The van der Waals surface area contributed by atoms with Gasteiger partial charge in [-0.25, -0.2) is 4.79 Å². The summed E-state index contributed by atoms with van der Waals surface area (Å²) >= 11 is 0. The van der Waals surface area contributed by atoms with Crippen molar-refractivity contribution in [2.24, 2.45) is 0 Å². The van der Waals surface area contributed by atoms with E-state index in [1.807, 2.05) is 56.3 Å². The van der Waals surface area contributed by atoms with Crippen molar-refractivity contribution in [1.29, 1.82) is 0 Å². The molecule has 0 bridgehead atoms. The van der Waals surface area contributed by atoms with Gasteiger partial charge < -0.3 is 15.0 Å². The highest BCUT2D eigenvalue weighted by Gasteiger charge is 2.43. The van der Waals surface area contributed by atoms with Gasteiger partial charge >= 0.3 is 6.03 Å². The highest BCUT2D eigenvalue weighted by atomic mass is 16.5. The van der Waals surface area contributed by atoms with Crippen molar-refractivity contribution in [3.05, 3.63) is 59.2 Å². The van der Waals surface area contributed by atoms with Crippen LogP contribution in [0.15, 0.2) is 42.5 Å². The first-order valence-electron chi connectivity index (χ1n) is 9.40. The lowest BCUT2D eigenvalue weighted by atomic mass is 9.82. The molecule has 0 atom stereocenters. The molecular formula is C22H24N2O3. The first kappa shape index (κ1) is 17.6. The second-order valence-corrected chi connectivity index (χ2v) is 7.60. The summed E-state index contributed by atoms with van der Waals surface area (Å²) in [6.07, 6.45) is 1.71. The number of piperidine rings is 1. The van der Waals surface area contributed by atoms with Crippen LogP contribution in [0.2, 0.25) is 0 Å². The molecule has 2 aromatic rings. The van der Waals surface area contributed by atoms with Gasteiger partial charge in [0.25, 0.3) is 0 Å². The van der Waals surface area contributed by atoms with E-state index in [4.69, 9.17) is 4.74 Å². The number of rotatable bonds is 1. The zero-order valence-corrected chi connectivity index (χ0v) is 15.7. The zero-order chi connectivity index (χ0) is 19.0. The Morgan fingerprint density at radius 3 is 2.44 bits per heavy atom. The maximum atomic E-state index is 12.7. The molecule has 2 aromatic carbocycles. The van der Waals surface area contributed by atoms with Crippen molar-refractivity contribution >= 4 is 17.5 Å². The van der Waals surface area contributed by atoms with Gasteiger partial charge in [0.15, 0.2) is 5.78 Å². The quantitative estimate of drug-likeness (QED) is 0.819. The van der Waals surface area contributed by atoms with Gasteiger partial charge in [-0.1, -0.05) is 18.2 Å². The number of fused-ring (bicyclic) bond motifs is 1. The average molecular weight is 364 g/mol. The van der Waals surface area contributed by atoms with Crippen molar-refractivity contribution in [2.45, 2.75) is 38.7 Å². The molecule has 4 rings (SSSR count).